The molecule has 13 heteroatoms. The molecule has 0 amide bonds. The van der Waals surface area contributed by atoms with Crippen LogP contribution in [0.5, 0.6) is 5.75 Å². The van der Waals surface area contributed by atoms with Gasteiger partial charge in [-0.15, -0.1) is 22.9 Å². The molecule has 1 heterocycles. The van der Waals surface area contributed by atoms with Crippen LogP contribution in [0.3, 0.4) is 0 Å². The summed E-state index contributed by atoms with van der Waals surface area (Å²) in [5.74, 6) is 0.143. The van der Waals surface area contributed by atoms with Crippen molar-refractivity contribution in [2.75, 3.05) is 19.8 Å². The highest BCUT2D eigenvalue weighted by atomic mass is 79.9. The fourth-order valence-electron chi connectivity index (χ4n) is 2.69. The molecule has 0 unspecified atom stereocenters. The van der Waals surface area contributed by atoms with Crippen LogP contribution >= 0.6 is 46.5 Å². The topological polar surface area (TPSA) is 44.8 Å². The van der Waals surface area contributed by atoms with Crippen LogP contribution in [0.4, 0.5) is 22.0 Å². The van der Waals surface area contributed by atoms with E-state index in [2.05, 4.69) is 15.9 Å². The molecule has 0 spiro atoms. The first-order chi connectivity index (χ1) is 14.4. The minimum absolute atomic E-state index is 0.0270. The Morgan fingerprint density at radius 3 is 2.26 bits per heavy atom. The van der Waals surface area contributed by atoms with Gasteiger partial charge in [0.05, 0.1) is 24.5 Å². The standard InChI is InChI=1S/C18H20BrClF5O4PS/c1-3-28-30(26,29-4-2)18(24,25)16-14(19)12-8-11(10-20)9-13(15(12)31-16)27-7-5-6-17(21,22)23/h8-9H,3-7,10H2,1-2H3. The van der Waals surface area contributed by atoms with Crippen LogP contribution in [0, 0.1) is 0 Å². The van der Waals surface area contributed by atoms with Gasteiger partial charge in [0.15, 0.2) is 0 Å². The smallest absolute Gasteiger partial charge is 0.405 e. The van der Waals surface area contributed by atoms with E-state index in [0.717, 1.165) is 0 Å². The number of halogens is 7. The van der Waals surface area contributed by atoms with Gasteiger partial charge in [-0.3, -0.25) is 4.57 Å². The summed E-state index contributed by atoms with van der Waals surface area (Å²) >= 11 is 9.61. The highest BCUT2D eigenvalue weighted by molar-refractivity contribution is 9.10. The van der Waals surface area contributed by atoms with Gasteiger partial charge in [0, 0.05) is 22.2 Å². The van der Waals surface area contributed by atoms with Gasteiger partial charge in [-0.25, -0.2) is 0 Å². The Morgan fingerprint density at radius 2 is 1.74 bits per heavy atom. The highest BCUT2D eigenvalue weighted by Crippen LogP contribution is 2.69. The Morgan fingerprint density at radius 1 is 1.13 bits per heavy atom. The quantitative estimate of drug-likeness (QED) is 0.117. The first-order valence-electron chi connectivity index (χ1n) is 9.18. The number of alkyl halides is 6. The van der Waals surface area contributed by atoms with Gasteiger partial charge >= 0.3 is 19.4 Å². The number of benzene rings is 1. The third kappa shape index (κ3) is 6.12. The summed E-state index contributed by atoms with van der Waals surface area (Å²) in [5.41, 5.74) is -3.46. The van der Waals surface area contributed by atoms with E-state index in [1.54, 1.807) is 6.07 Å². The Bertz CT molecular complexity index is 943. The fraction of sp³-hybridized carbons (Fsp3) is 0.556. The van der Waals surface area contributed by atoms with Crippen molar-refractivity contribution in [3.05, 3.63) is 27.0 Å². The Labute approximate surface area is 193 Å². The van der Waals surface area contributed by atoms with Crippen molar-refractivity contribution in [1.29, 1.82) is 0 Å². The van der Waals surface area contributed by atoms with E-state index in [1.807, 2.05) is 0 Å². The number of ether oxygens (including phenoxy) is 1. The molecule has 0 aliphatic heterocycles. The molecular weight excluding hydrogens is 554 g/mol. The lowest BCUT2D eigenvalue weighted by Crippen LogP contribution is -2.17. The van der Waals surface area contributed by atoms with E-state index in [1.165, 1.54) is 19.9 Å². The molecule has 0 aliphatic carbocycles. The minimum Gasteiger partial charge on any atom is -0.492 e. The molecule has 1 aromatic carbocycles. The third-order valence-electron chi connectivity index (χ3n) is 3.99. The third-order valence-corrected chi connectivity index (χ3v) is 8.93. The number of hydrogen-bond acceptors (Lipinski definition) is 5. The Kier molecular flexibility index (Phi) is 9.21. The van der Waals surface area contributed by atoms with Crippen LogP contribution in [0.1, 0.15) is 37.1 Å². The van der Waals surface area contributed by atoms with Gasteiger partial charge in [-0.05, 0) is 53.9 Å². The molecule has 0 saturated heterocycles. The van der Waals surface area contributed by atoms with Crippen molar-refractivity contribution >= 4 is 56.5 Å². The molecule has 0 atom stereocenters. The molecule has 0 radical (unpaired) electrons. The monoisotopic (exact) mass is 572 g/mol. The normalized spacial score (nSPS) is 13.2. The second-order valence-electron chi connectivity index (χ2n) is 6.29. The van der Waals surface area contributed by atoms with Crippen LogP contribution in [-0.2, 0) is 25.2 Å². The molecule has 31 heavy (non-hydrogen) atoms. The van der Waals surface area contributed by atoms with E-state index in [0.29, 0.717) is 22.3 Å². The summed E-state index contributed by atoms with van der Waals surface area (Å²) in [7, 11) is -4.85. The Balaban J connectivity index is 2.51. The van der Waals surface area contributed by atoms with E-state index in [-0.39, 0.29) is 47.0 Å². The summed E-state index contributed by atoms with van der Waals surface area (Å²) in [6.07, 6.45) is -5.65. The van der Waals surface area contributed by atoms with Gasteiger partial charge in [0.2, 0.25) is 0 Å². The second kappa shape index (κ2) is 10.7. The van der Waals surface area contributed by atoms with Gasteiger partial charge < -0.3 is 13.8 Å². The molecule has 1 aromatic heterocycles. The largest absolute Gasteiger partial charge is 0.492 e. The zero-order valence-corrected chi connectivity index (χ0v) is 20.6. The molecule has 4 nitrogen and oxygen atoms in total. The van der Waals surface area contributed by atoms with Crippen LogP contribution in [0.15, 0.2) is 16.6 Å². The maximum Gasteiger partial charge on any atom is 0.405 e. The van der Waals surface area contributed by atoms with Crippen LogP contribution in [-0.4, -0.2) is 26.0 Å². The van der Waals surface area contributed by atoms with Crippen molar-refractivity contribution in [3.63, 3.8) is 0 Å². The molecule has 2 rings (SSSR count). The number of fused-ring (bicyclic) bond motifs is 1. The average Bonchev–Trinajstić information content (AvgIpc) is 3.02. The first-order valence-corrected chi connectivity index (χ1v) is 12.9. The van der Waals surface area contributed by atoms with Gasteiger partial charge in [0.25, 0.3) is 0 Å². The Hall–Kier alpha value is -0.450. The fourth-order valence-corrected chi connectivity index (χ4v) is 6.86. The highest BCUT2D eigenvalue weighted by Gasteiger charge is 2.57. The lowest BCUT2D eigenvalue weighted by atomic mass is 10.1. The summed E-state index contributed by atoms with van der Waals surface area (Å²) in [4.78, 5) is -0.598. The first kappa shape index (κ1) is 26.8. The summed E-state index contributed by atoms with van der Waals surface area (Å²) in [6, 6.07) is 3.04. The maximum absolute atomic E-state index is 15.3. The number of hydrogen-bond donors (Lipinski definition) is 0. The molecule has 176 valence electrons. The van der Waals surface area contributed by atoms with Crippen LogP contribution in [0.25, 0.3) is 10.1 Å². The zero-order chi connectivity index (χ0) is 23.4. The van der Waals surface area contributed by atoms with E-state index in [4.69, 9.17) is 25.4 Å². The van der Waals surface area contributed by atoms with Gasteiger partial charge in [-0.2, -0.15) is 22.0 Å². The predicted molar refractivity (Wildman–Crippen MR) is 115 cm³/mol. The predicted octanol–water partition coefficient (Wildman–Crippen LogP) is 8.44. The summed E-state index contributed by atoms with van der Waals surface area (Å²) in [6.45, 7) is 2.07. The van der Waals surface area contributed by atoms with Crippen molar-refractivity contribution in [2.24, 2.45) is 0 Å². The maximum atomic E-state index is 15.3. The van der Waals surface area contributed by atoms with E-state index in [9.17, 15) is 17.7 Å². The molecule has 0 fully saturated rings. The molecule has 2 aromatic rings. The molecule has 0 N–H and O–H groups in total. The number of rotatable bonds is 11. The summed E-state index contributed by atoms with van der Waals surface area (Å²) < 4.78 is 95.9. The lowest BCUT2D eigenvalue weighted by Gasteiger charge is -2.25. The molecule has 0 saturated carbocycles. The second-order valence-corrected chi connectivity index (χ2v) is 10.4. The van der Waals surface area contributed by atoms with Crippen molar-refractivity contribution < 1.29 is 40.3 Å². The van der Waals surface area contributed by atoms with E-state index >= 15 is 8.78 Å². The molecular formula is C18H20BrClF5O4PS. The van der Waals surface area contributed by atoms with Gasteiger partial charge in [-0.1, -0.05) is 0 Å². The minimum atomic E-state index is -4.85. The van der Waals surface area contributed by atoms with E-state index < -0.39 is 30.7 Å². The van der Waals surface area contributed by atoms with Crippen molar-refractivity contribution in [2.45, 2.75) is 44.4 Å². The van der Waals surface area contributed by atoms with Crippen LogP contribution < -0.4 is 4.74 Å². The van der Waals surface area contributed by atoms with Crippen molar-refractivity contribution in [3.8, 4) is 5.75 Å². The van der Waals surface area contributed by atoms with Crippen LogP contribution in [0.2, 0.25) is 0 Å². The zero-order valence-electron chi connectivity index (χ0n) is 16.5. The molecule has 0 aliphatic rings. The molecule has 0 bridgehead atoms. The van der Waals surface area contributed by atoms with Gasteiger partial charge in [0.1, 0.15) is 10.6 Å². The summed E-state index contributed by atoms with van der Waals surface area (Å²) in [5, 5.41) is 0.309. The number of thiophene rings is 1. The lowest BCUT2D eigenvalue weighted by molar-refractivity contribution is -0.136. The average molecular weight is 574 g/mol. The van der Waals surface area contributed by atoms with Crippen molar-refractivity contribution in [1.82, 2.24) is 0 Å². The SMILES string of the molecule is CCOP(=O)(OCC)C(F)(F)c1sc2c(OCCCC(F)(F)F)cc(CCl)cc2c1Br.